The highest BCUT2D eigenvalue weighted by Gasteiger charge is 2.19. The van der Waals surface area contributed by atoms with E-state index in [2.05, 4.69) is 17.4 Å². The van der Waals surface area contributed by atoms with E-state index < -0.39 is 0 Å². The first-order valence-corrected chi connectivity index (χ1v) is 9.76. The molecule has 0 saturated heterocycles. The second-order valence-corrected chi connectivity index (χ2v) is 7.31. The van der Waals surface area contributed by atoms with Gasteiger partial charge < -0.3 is 16.0 Å². The van der Waals surface area contributed by atoms with Gasteiger partial charge in [0, 0.05) is 42.3 Å². The third-order valence-corrected chi connectivity index (χ3v) is 5.36. The van der Waals surface area contributed by atoms with Crippen LogP contribution in [-0.4, -0.2) is 42.1 Å². The summed E-state index contributed by atoms with van der Waals surface area (Å²) in [6, 6.07) is 15.6. The van der Waals surface area contributed by atoms with Crippen molar-refractivity contribution in [3.05, 3.63) is 59.7 Å². The maximum absolute atomic E-state index is 13.0. The zero-order chi connectivity index (χ0) is 18.4. The van der Waals surface area contributed by atoms with Crippen molar-refractivity contribution < 1.29 is 9.59 Å². The van der Waals surface area contributed by atoms with Crippen LogP contribution in [0.2, 0.25) is 0 Å². The van der Waals surface area contributed by atoms with E-state index >= 15 is 0 Å². The number of nitrogens with zero attached hydrogens (tertiary/aromatic N) is 1. The fourth-order valence-corrected chi connectivity index (χ4v) is 3.85. The lowest BCUT2D eigenvalue weighted by molar-refractivity contribution is -0.115. The van der Waals surface area contributed by atoms with Crippen LogP contribution in [0.1, 0.15) is 22.3 Å². The number of benzene rings is 2. The molecule has 2 amide bonds. The Morgan fingerprint density at radius 1 is 1.15 bits per heavy atom. The summed E-state index contributed by atoms with van der Waals surface area (Å²) in [5.41, 5.74) is 8.20. The molecule has 0 radical (unpaired) electrons. The summed E-state index contributed by atoms with van der Waals surface area (Å²) in [5, 5.41) is 2.89. The first kappa shape index (κ1) is 18.5. The highest BCUT2D eigenvalue weighted by atomic mass is 32.2. The lowest BCUT2D eigenvalue weighted by Crippen LogP contribution is -2.37. The Morgan fingerprint density at radius 2 is 1.96 bits per heavy atom. The van der Waals surface area contributed by atoms with Crippen LogP contribution in [-0.2, 0) is 11.2 Å². The minimum atomic E-state index is -0.0577. The zero-order valence-corrected chi connectivity index (χ0v) is 15.4. The summed E-state index contributed by atoms with van der Waals surface area (Å²) < 4.78 is 0. The number of nitrogens with one attached hydrogen (secondary N) is 1. The molecule has 0 bridgehead atoms. The molecule has 3 N–H and O–H groups in total. The van der Waals surface area contributed by atoms with Gasteiger partial charge in [-0.3, -0.25) is 9.59 Å². The van der Waals surface area contributed by atoms with Gasteiger partial charge in [-0.2, -0.15) is 0 Å². The van der Waals surface area contributed by atoms with Gasteiger partial charge in [0.1, 0.15) is 0 Å². The molecule has 0 spiro atoms. The highest BCUT2D eigenvalue weighted by molar-refractivity contribution is 7.99. The van der Waals surface area contributed by atoms with Crippen LogP contribution in [0.3, 0.4) is 0 Å². The van der Waals surface area contributed by atoms with E-state index in [9.17, 15) is 9.59 Å². The molecule has 3 rings (SSSR count). The molecule has 0 aromatic heterocycles. The molecule has 0 unspecified atom stereocenters. The van der Waals surface area contributed by atoms with Gasteiger partial charge in [0.15, 0.2) is 0 Å². The Hall–Kier alpha value is -2.31. The van der Waals surface area contributed by atoms with Crippen LogP contribution in [0.25, 0.3) is 0 Å². The Balaban J connectivity index is 1.75. The number of carbonyl (C=O) groups excluding carboxylic acids is 2. The zero-order valence-electron chi connectivity index (χ0n) is 14.6. The fourth-order valence-electron chi connectivity index (χ4n) is 2.91. The van der Waals surface area contributed by atoms with Crippen molar-refractivity contribution in [2.45, 2.75) is 17.7 Å². The molecule has 1 aliphatic rings. The van der Waals surface area contributed by atoms with Crippen molar-refractivity contribution in [1.29, 1.82) is 0 Å². The smallest absolute Gasteiger partial charge is 0.253 e. The van der Waals surface area contributed by atoms with Crippen molar-refractivity contribution in [1.82, 2.24) is 4.90 Å². The number of thioether (sulfide) groups is 1. The quantitative estimate of drug-likeness (QED) is 0.821. The number of hydrogen-bond acceptors (Lipinski definition) is 4. The Morgan fingerprint density at radius 3 is 2.73 bits per heavy atom. The molecule has 1 aliphatic heterocycles. The van der Waals surface area contributed by atoms with Crippen molar-refractivity contribution >= 4 is 29.3 Å². The Bertz CT molecular complexity index is 780. The number of rotatable bonds is 6. The van der Waals surface area contributed by atoms with E-state index in [1.54, 1.807) is 22.7 Å². The fraction of sp³-hybridized carbons (Fsp3) is 0.300. The van der Waals surface area contributed by atoms with Crippen LogP contribution >= 0.6 is 11.8 Å². The molecule has 0 aliphatic carbocycles. The SMILES string of the molecule is NCCN(CCc1ccccc1)C(=O)c1ccc2c(c1)NC(=O)CCS2. The number of amides is 2. The van der Waals surface area contributed by atoms with E-state index in [1.165, 1.54) is 5.56 Å². The lowest BCUT2D eigenvalue weighted by atomic mass is 10.1. The molecule has 0 fully saturated rings. The van der Waals surface area contributed by atoms with Gasteiger partial charge in [-0.05, 0) is 30.2 Å². The number of fused-ring (bicyclic) bond motifs is 1. The highest BCUT2D eigenvalue weighted by Crippen LogP contribution is 2.31. The standard InChI is InChI=1S/C20H23N3O2S/c21-10-12-23(11-8-15-4-2-1-3-5-15)20(25)16-6-7-18-17(14-16)22-19(24)9-13-26-18/h1-7,14H,8-13,21H2,(H,22,24). The summed E-state index contributed by atoms with van der Waals surface area (Å²) in [4.78, 5) is 27.5. The van der Waals surface area contributed by atoms with E-state index in [4.69, 9.17) is 5.73 Å². The minimum absolute atomic E-state index is 0.0104. The Kier molecular flexibility index (Phi) is 6.30. The molecular formula is C20H23N3O2S. The van der Waals surface area contributed by atoms with Crippen molar-refractivity contribution in [2.24, 2.45) is 5.73 Å². The first-order valence-electron chi connectivity index (χ1n) is 8.77. The van der Waals surface area contributed by atoms with Crippen LogP contribution in [0, 0.1) is 0 Å². The van der Waals surface area contributed by atoms with Crippen LogP contribution in [0.4, 0.5) is 5.69 Å². The largest absolute Gasteiger partial charge is 0.337 e. The number of carbonyl (C=O) groups is 2. The molecule has 5 nitrogen and oxygen atoms in total. The van der Waals surface area contributed by atoms with Gasteiger partial charge in [0.2, 0.25) is 5.91 Å². The first-order chi connectivity index (χ1) is 12.7. The molecule has 2 aromatic carbocycles. The van der Waals surface area contributed by atoms with Crippen molar-refractivity contribution in [2.75, 3.05) is 30.7 Å². The van der Waals surface area contributed by atoms with Gasteiger partial charge in [0.05, 0.1) is 5.69 Å². The molecule has 1 heterocycles. The van der Waals surface area contributed by atoms with Crippen LogP contribution < -0.4 is 11.1 Å². The molecule has 6 heteroatoms. The topological polar surface area (TPSA) is 75.4 Å². The monoisotopic (exact) mass is 369 g/mol. The van der Waals surface area contributed by atoms with Gasteiger partial charge in [0.25, 0.3) is 5.91 Å². The Labute approximate surface area is 157 Å². The van der Waals surface area contributed by atoms with Crippen LogP contribution in [0.15, 0.2) is 53.4 Å². The van der Waals surface area contributed by atoms with Gasteiger partial charge in [-0.25, -0.2) is 0 Å². The third kappa shape index (κ3) is 4.65. The van der Waals surface area contributed by atoms with Gasteiger partial charge in [-0.15, -0.1) is 11.8 Å². The molecule has 0 saturated carbocycles. The predicted molar refractivity (Wildman–Crippen MR) is 106 cm³/mol. The molecule has 2 aromatic rings. The van der Waals surface area contributed by atoms with Crippen molar-refractivity contribution in [3.63, 3.8) is 0 Å². The second-order valence-electron chi connectivity index (χ2n) is 6.17. The lowest BCUT2D eigenvalue weighted by Gasteiger charge is -2.23. The molecular weight excluding hydrogens is 346 g/mol. The molecule has 26 heavy (non-hydrogen) atoms. The van der Waals surface area contributed by atoms with Crippen molar-refractivity contribution in [3.8, 4) is 0 Å². The summed E-state index contributed by atoms with van der Waals surface area (Å²) in [6.45, 7) is 1.53. The minimum Gasteiger partial charge on any atom is -0.337 e. The van der Waals surface area contributed by atoms with E-state index in [0.29, 0.717) is 31.6 Å². The normalized spacial score (nSPS) is 13.5. The number of hydrogen-bond donors (Lipinski definition) is 2. The number of nitrogens with two attached hydrogens (primary N) is 1. The van der Waals surface area contributed by atoms with E-state index in [1.807, 2.05) is 30.3 Å². The van der Waals surface area contributed by atoms with Crippen LogP contribution in [0.5, 0.6) is 0 Å². The van der Waals surface area contributed by atoms with Gasteiger partial charge in [-0.1, -0.05) is 30.3 Å². The molecule has 0 atom stereocenters. The summed E-state index contributed by atoms with van der Waals surface area (Å²) >= 11 is 1.63. The summed E-state index contributed by atoms with van der Waals surface area (Å²) in [6.07, 6.45) is 1.27. The second kappa shape index (κ2) is 8.87. The third-order valence-electron chi connectivity index (χ3n) is 4.29. The average Bonchev–Trinajstić information content (AvgIpc) is 2.85. The predicted octanol–water partition coefficient (Wildman–Crippen LogP) is 2.76. The van der Waals surface area contributed by atoms with Gasteiger partial charge >= 0.3 is 0 Å². The average molecular weight is 369 g/mol. The molecule has 136 valence electrons. The summed E-state index contributed by atoms with van der Waals surface area (Å²) in [7, 11) is 0. The van der Waals surface area contributed by atoms with E-state index in [-0.39, 0.29) is 11.8 Å². The van der Waals surface area contributed by atoms with E-state index in [0.717, 1.165) is 22.8 Å². The summed E-state index contributed by atoms with van der Waals surface area (Å²) in [5.74, 6) is 0.684. The number of anilines is 1. The maximum Gasteiger partial charge on any atom is 0.253 e. The maximum atomic E-state index is 13.0.